The molecule has 1 aliphatic heterocycles. The maximum absolute atomic E-state index is 12.6. The molecule has 0 radical (unpaired) electrons. The third-order valence-corrected chi connectivity index (χ3v) is 8.24. The van der Waals surface area contributed by atoms with Crippen LogP contribution in [0.25, 0.3) is 11.4 Å². The Bertz CT molecular complexity index is 977. The maximum Gasteiger partial charge on any atom is 0.252 e. The molecule has 9 heteroatoms. The van der Waals surface area contributed by atoms with Crippen molar-refractivity contribution >= 4 is 37.3 Å². The fourth-order valence-electron chi connectivity index (χ4n) is 3.00. The fourth-order valence-corrected chi connectivity index (χ4v) is 5.88. The first-order valence-corrected chi connectivity index (χ1v) is 11.3. The van der Waals surface area contributed by atoms with Crippen molar-refractivity contribution in [2.45, 2.75) is 23.0 Å². The van der Waals surface area contributed by atoms with Crippen LogP contribution in [0.3, 0.4) is 0 Å². The Hall–Kier alpha value is -1.55. The molecule has 1 saturated heterocycles. The van der Waals surface area contributed by atoms with E-state index < -0.39 is 10.0 Å². The zero-order chi connectivity index (χ0) is 18.1. The molecule has 6 nitrogen and oxygen atoms in total. The van der Waals surface area contributed by atoms with E-state index >= 15 is 0 Å². The van der Waals surface area contributed by atoms with Gasteiger partial charge in [-0.05, 0) is 48.6 Å². The Morgan fingerprint density at radius 3 is 2.54 bits per heavy atom. The summed E-state index contributed by atoms with van der Waals surface area (Å²) in [7, 11) is -3.39. The lowest BCUT2D eigenvalue weighted by atomic mass is 9.98. The summed E-state index contributed by atoms with van der Waals surface area (Å²) in [6, 6.07) is 11.1. The summed E-state index contributed by atoms with van der Waals surface area (Å²) in [4.78, 5) is 4.51. The molecule has 0 amide bonds. The molecule has 1 aliphatic rings. The van der Waals surface area contributed by atoms with Crippen LogP contribution in [-0.4, -0.2) is 36.0 Å². The van der Waals surface area contributed by atoms with E-state index in [1.165, 1.54) is 11.3 Å². The van der Waals surface area contributed by atoms with Gasteiger partial charge in [0.25, 0.3) is 10.0 Å². The minimum absolute atomic E-state index is 0.0847. The summed E-state index contributed by atoms with van der Waals surface area (Å²) < 4.78 is 33.5. The molecule has 0 N–H and O–H groups in total. The first kappa shape index (κ1) is 17.8. The van der Waals surface area contributed by atoms with E-state index in [-0.39, 0.29) is 5.92 Å². The van der Waals surface area contributed by atoms with Gasteiger partial charge in [-0.15, -0.1) is 11.3 Å². The van der Waals surface area contributed by atoms with Crippen LogP contribution in [0, 0.1) is 0 Å². The number of sulfonamides is 1. The first-order valence-electron chi connectivity index (χ1n) is 8.17. The molecule has 0 bridgehead atoms. The van der Waals surface area contributed by atoms with Crippen molar-refractivity contribution in [3.05, 3.63) is 52.1 Å². The molecule has 1 fully saturated rings. The van der Waals surface area contributed by atoms with Crippen molar-refractivity contribution in [2.24, 2.45) is 0 Å². The van der Waals surface area contributed by atoms with Crippen LogP contribution < -0.4 is 0 Å². The average molecular weight is 454 g/mol. The summed E-state index contributed by atoms with van der Waals surface area (Å²) in [6.07, 6.45) is 1.35. The van der Waals surface area contributed by atoms with Crippen LogP contribution in [0.2, 0.25) is 0 Å². The smallest absolute Gasteiger partial charge is 0.252 e. The number of nitrogens with zero attached hydrogens (tertiary/aromatic N) is 3. The van der Waals surface area contributed by atoms with Crippen LogP contribution >= 0.6 is 27.3 Å². The molecule has 2 aromatic heterocycles. The van der Waals surface area contributed by atoms with Gasteiger partial charge in [0.2, 0.25) is 11.7 Å². The molecule has 1 aromatic carbocycles. The highest BCUT2D eigenvalue weighted by Crippen LogP contribution is 2.32. The Balaban J connectivity index is 1.45. The van der Waals surface area contributed by atoms with E-state index in [2.05, 4.69) is 26.1 Å². The molecule has 4 rings (SSSR count). The molecule has 136 valence electrons. The first-order chi connectivity index (χ1) is 12.5. The third kappa shape index (κ3) is 3.48. The molecule has 0 spiro atoms. The molecular formula is C17H16BrN3O3S2. The maximum atomic E-state index is 12.6. The summed E-state index contributed by atoms with van der Waals surface area (Å²) >= 11 is 4.65. The summed E-state index contributed by atoms with van der Waals surface area (Å²) in [5.74, 6) is 1.22. The highest BCUT2D eigenvalue weighted by molar-refractivity contribution is 9.10. The highest BCUT2D eigenvalue weighted by Gasteiger charge is 2.32. The Morgan fingerprint density at radius 2 is 1.88 bits per heavy atom. The van der Waals surface area contributed by atoms with Gasteiger partial charge in [0.1, 0.15) is 4.21 Å². The monoisotopic (exact) mass is 453 g/mol. The average Bonchev–Trinajstić information content (AvgIpc) is 3.35. The number of rotatable bonds is 4. The number of hydrogen-bond acceptors (Lipinski definition) is 6. The quantitative estimate of drug-likeness (QED) is 0.593. The Kier molecular flexibility index (Phi) is 4.96. The van der Waals surface area contributed by atoms with E-state index in [9.17, 15) is 8.42 Å². The second-order valence-electron chi connectivity index (χ2n) is 6.07. The molecule has 0 atom stereocenters. The van der Waals surface area contributed by atoms with Gasteiger partial charge >= 0.3 is 0 Å². The van der Waals surface area contributed by atoms with Gasteiger partial charge in [0.15, 0.2) is 0 Å². The molecular weight excluding hydrogens is 438 g/mol. The van der Waals surface area contributed by atoms with Crippen LogP contribution in [-0.2, 0) is 10.0 Å². The number of benzene rings is 1. The van der Waals surface area contributed by atoms with Crippen molar-refractivity contribution < 1.29 is 12.9 Å². The van der Waals surface area contributed by atoms with Gasteiger partial charge < -0.3 is 4.52 Å². The predicted octanol–water partition coefficient (Wildman–Crippen LogP) is 4.13. The summed E-state index contributed by atoms with van der Waals surface area (Å²) in [6.45, 7) is 0.918. The van der Waals surface area contributed by atoms with Crippen molar-refractivity contribution in [1.82, 2.24) is 14.4 Å². The van der Waals surface area contributed by atoms with Gasteiger partial charge in [-0.3, -0.25) is 0 Å². The van der Waals surface area contributed by atoms with Gasteiger partial charge in [-0.2, -0.15) is 9.29 Å². The van der Waals surface area contributed by atoms with E-state index in [4.69, 9.17) is 4.52 Å². The van der Waals surface area contributed by atoms with Crippen molar-refractivity contribution in [3.8, 4) is 11.4 Å². The Labute approximate surface area is 164 Å². The number of halogens is 1. The van der Waals surface area contributed by atoms with Crippen LogP contribution in [0.4, 0.5) is 0 Å². The highest BCUT2D eigenvalue weighted by atomic mass is 79.9. The van der Waals surface area contributed by atoms with Gasteiger partial charge in [0.05, 0.1) is 0 Å². The van der Waals surface area contributed by atoms with E-state index in [0.29, 0.717) is 41.9 Å². The van der Waals surface area contributed by atoms with E-state index in [1.54, 1.807) is 21.8 Å². The second kappa shape index (κ2) is 7.22. The zero-order valence-corrected chi connectivity index (χ0v) is 16.9. The summed E-state index contributed by atoms with van der Waals surface area (Å²) in [5.41, 5.74) is 0.890. The Morgan fingerprint density at radius 1 is 1.15 bits per heavy atom. The van der Waals surface area contributed by atoms with Crippen molar-refractivity contribution in [2.75, 3.05) is 13.1 Å². The largest absolute Gasteiger partial charge is 0.339 e. The van der Waals surface area contributed by atoms with Gasteiger partial charge in [0, 0.05) is 29.0 Å². The molecule has 26 heavy (non-hydrogen) atoms. The lowest BCUT2D eigenvalue weighted by molar-refractivity contribution is 0.271. The number of thiophene rings is 1. The van der Waals surface area contributed by atoms with Gasteiger partial charge in [-0.25, -0.2) is 8.42 Å². The van der Waals surface area contributed by atoms with Crippen molar-refractivity contribution in [3.63, 3.8) is 0 Å². The molecule has 0 saturated carbocycles. The van der Waals surface area contributed by atoms with Crippen LogP contribution in [0.1, 0.15) is 24.7 Å². The zero-order valence-electron chi connectivity index (χ0n) is 13.7. The number of hydrogen-bond donors (Lipinski definition) is 0. The molecule has 0 aliphatic carbocycles. The van der Waals surface area contributed by atoms with Crippen molar-refractivity contribution in [1.29, 1.82) is 0 Å². The third-order valence-electron chi connectivity index (χ3n) is 4.44. The fraction of sp³-hybridized carbons (Fsp3) is 0.294. The minimum Gasteiger partial charge on any atom is -0.339 e. The van der Waals surface area contributed by atoms with E-state index in [0.717, 1.165) is 10.0 Å². The number of piperidine rings is 1. The lowest BCUT2D eigenvalue weighted by Crippen LogP contribution is -2.37. The molecule has 3 heterocycles. The second-order valence-corrected chi connectivity index (χ2v) is 10.1. The predicted molar refractivity (Wildman–Crippen MR) is 102 cm³/mol. The standard InChI is InChI=1S/C17H16BrN3O3S2/c18-14-5-3-12(4-6-14)16-19-17(24-20-16)13-7-9-21(10-8-13)26(22,23)15-2-1-11-25-15/h1-6,11,13H,7-10H2. The topological polar surface area (TPSA) is 76.3 Å². The lowest BCUT2D eigenvalue weighted by Gasteiger charge is -2.29. The molecule has 0 unspecified atom stereocenters. The van der Waals surface area contributed by atoms with Crippen LogP contribution in [0.5, 0.6) is 0 Å². The van der Waals surface area contributed by atoms with E-state index in [1.807, 2.05) is 24.3 Å². The number of aromatic nitrogens is 2. The normalized spacial score (nSPS) is 16.8. The molecule has 3 aromatic rings. The van der Waals surface area contributed by atoms with Crippen LogP contribution in [0.15, 0.2) is 55.0 Å². The van der Waals surface area contributed by atoms with Gasteiger partial charge in [-0.1, -0.05) is 27.2 Å². The minimum atomic E-state index is -3.39. The summed E-state index contributed by atoms with van der Waals surface area (Å²) in [5, 5.41) is 5.85. The SMILES string of the molecule is O=S(=O)(c1cccs1)N1CCC(c2nc(-c3ccc(Br)cc3)no2)CC1.